The van der Waals surface area contributed by atoms with Gasteiger partial charge in [0, 0.05) is 45.2 Å². The van der Waals surface area contributed by atoms with Crippen LogP contribution in [-0.2, 0) is 48.1 Å². The third-order valence-corrected chi connectivity index (χ3v) is 18.2. The average Bonchev–Trinajstić information content (AvgIpc) is 3.62. The number of methoxy groups -OCH3 is 2. The molecule has 68 heavy (non-hydrogen) atoms. The molecule has 1 aliphatic carbocycles. The molecule has 5 aliphatic heterocycles. The molecule has 5 bridgehead atoms. The molecule has 6 aliphatic rings. The lowest BCUT2D eigenvalue weighted by Crippen LogP contribution is -2.61. The van der Waals surface area contributed by atoms with E-state index in [1.54, 1.807) is 21.0 Å². The number of aliphatic hydroxyl groups excluding tert-OH is 2. The maximum Gasteiger partial charge on any atom is 0.329 e. The lowest BCUT2D eigenvalue weighted by molar-refractivity contribution is -0.264. The van der Waals surface area contributed by atoms with Crippen LogP contribution in [0.15, 0.2) is 47.6 Å². The number of ether oxygens (including phenoxy) is 4. The van der Waals surface area contributed by atoms with Gasteiger partial charge in [0.05, 0.1) is 24.1 Å². The van der Waals surface area contributed by atoms with Gasteiger partial charge in [-0.2, -0.15) is 4.31 Å². The van der Waals surface area contributed by atoms with E-state index in [0.29, 0.717) is 69.9 Å². The van der Waals surface area contributed by atoms with E-state index in [9.17, 15) is 42.9 Å². The fourth-order valence-electron chi connectivity index (χ4n) is 12.1. The number of hydrogen-bond acceptors (Lipinski definition) is 13. The summed E-state index contributed by atoms with van der Waals surface area (Å²) < 4.78 is 52.2. The standard InChI is InChI=1S/C52H80N2O13S/c1-31-13-10-9-11-14-33(3)41(54-22-12-24-68(54,62)63)30-39-18-16-36(6)52(61,67-39)49(58)50(59)53-23-21-38-29-42(53)51(60)66-44(40(38)27-37-17-19-43(55)45(28-37)64-7)20-15-32(2)26-35(5)47(57)48(65-8)46(56)34(4)25-31/h9-11,13-14,26,31-32,34,36-45,47-48,55,57,61H,12,15-25,27-30H2,1-8H3/b11-9+,13-10+,33-14+,35-26+/t31-,32+,34-,36-,37+,38?,39+,40+,41?,42+,43-,44+,45-,47-,48+,52-/m1/s1. The molecule has 0 radical (unpaired) electrons. The van der Waals surface area contributed by atoms with Crippen molar-refractivity contribution in [1.29, 1.82) is 0 Å². The second kappa shape index (κ2) is 23.4. The number of ketones is 2. The topological polar surface area (TPSA) is 207 Å². The molecule has 6 rings (SSSR count). The van der Waals surface area contributed by atoms with E-state index < -0.39 is 87.9 Å². The highest BCUT2D eigenvalue weighted by Gasteiger charge is 2.55. The normalized spacial score (nSPS) is 43.5. The average molecular weight is 973 g/mol. The molecular weight excluding hydrogens is 893 g/mol. The Bertz CT molecular complexity index is 2040. The molecule has 3 N–H and O–H groups in total. The molecule has 15 nitrogen and oxygen atoms in total. The zero-order chi connectivity index (χ0) is 49.7. The van der Waals surface area contributed by atoms with Crippen LogP contribution in [0.2, 0.25) is 0 Å². The lowest BCUT2D eigenvalue weighted by Gasteiger charge is -2.44. The predicted octanol–water partition coefficient (Wildman–Crippen LogP) is 5.61. The summed E-state index contributed by atoms with van der Waals surface area (Å²) in [6, 6.07) is -1.70. The molecule has 16 heteroatoms. The van der Waals surface area contributed by atoms with E-state index in [2.05, 4.69) is 0 Å². The molecule has 382 valence electrons. The molecule has 5 fully saturated rings. The number of carbonyl (C=O) groups is 4. The number of piperidine rings is 1. The van der Waals surface area contributed by atoms with Gasteiger partial charge in [-0.25, -0.2) is 13.2 Å². The van der Waals surface area contributed by atoms with E-state index in [1.807, 2.05) is 64.2 Å². The number of hydrogen-bond donors (Lipinski definition) is 3. The first-order valence-electron chi connectivity index (χ1n) is 25.3. The Labute approximate surface area is 404 Å². The Morgan fingerprint density at radius 3 is 2.25 bits per heavy atom. The number of fused-ring (bicyclic) bond motifs is 5. The number of rotatable bonds is 5. The monoisotopic (exact) mass is 973 g/mol. The number of sulfonamides is 1. The number of aliphatic hydroxyl groups is 3. The van der Waals surface area contributed by atoms with Crippen molar-refractivity contribution in [1.82, 2.24) is 9.21 Å². The number of carbonyl (C=O) groups excluding carboxylic acids is 4. The summed E-state index contributed by atoms with van der Waals surface area (Å²) in [5.41, 5.74) is 1.33. The van der Waals surface area contributed by atoms with Crippen molar-refractivity contribution >= 4 is 33.5 Å². The first-order valence-corrected chi connectivity index (χ1v) is 26.9. The van der Waals surface area contributed by atoms with Crippen LogP contribution in [0.3, 0.4) is 0 Å². The van der Waals surface area contributed by atoms with Crippen molar-refractivity contribution in [2.75, 3.05) is 33.1 Å². The van der Waals surface area contributed by atoms with Gasteiger partial charge in [-0.15, -0.1) is 0 Å². The molecule has 5 heterocycles. The van der Waals surface area contributed by atoms with Crippen molar-refractivity contribution in [2.45, 2.75) is 180 Å². The molecule has 1 saturated carbocycles. The van der Waals surface area contributed by atoms with E-state index in [-0.39, 0.29) is 66.6 Å². The Morgan fingerprint density at radius 1 is 0.809 bits per heavy atom. The molecule has 0 aromatic heterocycles. The third-order valence-electron chi connectivity index (χ3n) is 16.2. The minimum absolute atomic E-state index is 0.00280. The molecular formula is C52H80N2O13S. The maximum atomic E-state index is 14.5. The second-order valence-electron chi connectivity index (χ2n) is 21.2. The summed E-state index contributed by atoms with van der Waals surface area (Å²) in [5.74, 6) is -6.64. The smallest absolute Gasteiger partial charge is 0.329 e. The van der Waals surface area contributed by atoms with Crippen LogP contribution >= 0.6 is 0 Å². The van der Waals surface area contributed by atoms with Crippen LogP contribution in [0.5, 0.6) is 0 Å². The largest absolute Gasteiger partial charge is 0.461 e. The number of allylic oxidation sites excluding steroid dienone is 6. The van der Waals surface area contributed by atoms with E-state index >= 15 is 0 Å². The van der Waals surface area contributed by atoms with Gasteiger partial charge < -0.3 is 39.2 Å². The minimum Gasteiger partial charge on any atom is -0.461 e. The van der Waals surface area contributed by atoms with Gasteiger partial charge in [0.1, 0.15) is 24.4 Å². The third kappa shape index (κ3) is 12.5. The van der Waals surface area contributed by atoms with E-state index in [1.165, 1.54) is 16.3 Å². The van der Waals surface area contributed by atoms with Crippen molar-refractivity contribution in [3.05, 3.63) is 47.6 Å². The molecule has 0 aromatic rings. The Morgan fingerprint density at radius 2 is 1.56 bits per heavy atom. The summed E-state index contributed by atoms with van der Waals surface area (Å²) in [6.45, 7) is 11.6. The zero-order valence-corrected chi connectivity index (χ0v) is 42.5. The first kappa shape index (κ1) is 54.2. The van der Waals surface area contributed by atoms with Gasteiger partial charge in [-0.05, 0) is 132 Å². The zero-order valence-electron chi connectivity index (χ0n) is 41.7. The van der Waals surface area contributed by atoms with Gasteiger partial charge in [0.2, 0.25) is 15.8 Å². The molecule has 16 atom stereocenters. The van der Waals surface area contributed by atoms with E-state index in [0.717, 1.165) is 18.4 Å². The van der Waals surface area contributed by atoms with Crippen molar-refractivity contribution in [2.24, 2.45) is 41.4 Å². The van der Waals surface area contributed by atoms with Gasteiger partial charge in [-0.3, -0.25) is 14.4 Å². The van der Waals surface area contributed by atoms with Crippen molar-refractivity contribution in [3.63, 3.8) is 0 Å². The van der Waals surface area contributed by atoms with Crippen LogP contribution in [-0.4, -0.2) is 144 Å². The highest BCUT2D eigenvalue weighted by molar-refractivity contribution is 7.89. The number of esters is 1. The fraction of sp³-hybridized carbons (Fsp3) is 0.769. The summed E-state index contributed by atoms with van der Waals surface area (Å²) in [4.78, 5) is 58.3. The Balaban J connectivity index is 1.33. The highest BCUT2D eigenvalue weighted by Crippen LogP contribution is 2.44. The first-order chi connectivity index (χ1) is 32.2. The molecule has 4 saturated heterocycles. The number of Topliss-reactive ketones (excluding diaryl/α,β-unsaturated/α-hetero) is 2. The predicted molar refractivity (Wildman–Crippen MR) is 256 cm³/mol. The van der Waals surface area contributed by atoms with E-state index in [4.69, 9.17) is 18.9 Å². The summed E-state index contributed by atoms with van der Waals surface area (Å²) in [7, 11) is -0.564. The quantitative estimate of drug-likeness (QED) is 0.174. The minimum atomic E-state index is -3.60. The maximum absolute atomic E-state index is 14.5. The molecule has 2 unspecified atom stereocenters. The van der Waals surface area contributed by atoms with Crippen LogP contribution in [0, 0.1) is 41.4 Å². The molecule has 0 aromatic carbocycles. The lowest BCUT2D eigenvalue weighted by atomic mass is 9.71. The van der Waals surface area contributed by atoms with Crippen LogP contribution in [0.25, 0.3) is 0 Å². The Hall–Kier alpha value is -3.09. The van der Waals surface area contributed by atoms with Crippen LogP contribution in [0.4, 0.5) is 0 Å². The van der Waals surface area contributed by atoms with Gasteiger partial charge in [-0.1, -0.05) is 69.7 Å². The highest BCUT2D eigenvalue weighted by atomic mass is 32.2. The molecule has 0 spiro atoms. The SMILES string of the molecule is CO[C@@H]1C[C@H](C[C@H]2C3CCN4C(=O)C(=O)[C@]5(O)O[C@@H](CC[C@H]5C)CC(N5CCCS5(=O)=O)/C(C)=C/C=C/C=C/[C@@H](C)C[C@@H](C)C(=O)[C@H](OC)[C@H](O)/C(C)=C/[C@@H](C)CC[C@@H]2OC(=O)[C@@H]4C3)CC[C@H]1O. The van der Waals surface area contributed by atoms with Crippen LogP contribution < -0.4 is 0 Å². The summed E-state index contributed by atoms with van der Waals surface area (Å²) in [5, 5.41) is 34.3. The fourth-order valence-corrected chi connectivity index (χ4v) is 13.9. The number of nitrogens with zero attached hydrogens (tertiary/aromatic N) is 2. The van der Waals surface area contributed by atoms with Gasteiger partial charge in [0.25, 0.3) is 11.7 Å². The van der Waals surface area contributed by atoms with Crippen molar-refractivity contribution < 1.29 is 61.9 Å². The summed E-state index contributed by atoms with van der Waals surface area (Å²) >= 11 is 0. The second-order valence-corrected chi connectivity index (χ2v) is 23.3. The van der Waals surface area contributed by atoms with Crippen LogP contribution in [0.1, 0.15) is 125 Å². The Kier molecular flexibility index (Phi) is 18.7. The molecule has 1 amide bonds. The van der Waals surface area contributed by atoms with Gasteiger partial charge in [0.15, 0.2) is 5.78 Å². The summed E-state index contributed by atoms with van der Waals surface area (Å²) in [6.07, 6.45) is 13.4. The van der Waals surface area contributed by atoms with Crippen molar-refractivity contribution in [3.8, 4) is 0 Å². The number of amides is 1. The van der Waals surface area contributed by atoms with Gasteiger partial charge >= 0.3 is 5.97 Å².